The second-order valence-corrected chi connectivity index (χ2v) is 9.22. The molecule has 160 valence electrons. The fourth-order valence-corrected chi connectivity index (χ4v) is 4.36. The number of hydrogen-bond donors (Lipinski definition) is 1. The Hall–Kier alpha value is -2.59. The minimum absolute atomic E-state index is 0.0633. The van der Waals surface area contributed by atoms with Gasteiger partial charge in [-0.1, -0.05) is 23.9 Å². The maximum Gasteiger partial charge on any atom is 0.240 e. The Morgan fingerprint density at radius 2 is 1.83 bits per heavy atom. The van der Waals surface area contributed by atoms with E-state index >= 15 is 0 Å². The number of rotatable bonds is 5. The van der Waals surface area contributed by atoms with E-state index in [2.05, 4.69) is 15.5 Å². The predicted molar refractivity (Wildman–Crippen MR) is 115 cm³/mol. The van der Waals surface area contributed by atoms with Crippen LogP contribution in [0.4, 0.5) is 0 Å². The van der Waals surface area contributed by atoms with Gasteiger partial charge in [-0.05, 0) is 32.9 Å². The molecule has 1 saturated heterocycles. The van der Waals surface area contributed by atoms with Gasteiger partial charge in [-0.25, -0.2) is 0 Å². The SMILES string of the molecule is CC(C)(C)NC(=O)Cn1c2ccccc2n2c(SCC(=O)N3CCOCC3)nnc12. The zero-order valence-corrected chi connectivity index (χ0v) is 18.2. The number of fused-ring (bicyclic) bond motifs is 3. The summed E-state index contributed by atoms with van der Waals surface area (Å²) >= 11 is 1.36. The zero-order chi connectivity index (χ0) is 21.3. The molecule has 1 aromatic carbocycles. The molecular formula is C20H26N6O3S. The van der Waals surface area contributed by atoms with Crippen LogP contribution in [0.15, 0.2) is 29.4 Å². The maximum atomic E-state index is 12.6. The summed E-state index contributed by atoms with van der Waals surface area (Å²) in [5, 5.41) is 12.2. The number of para-hydroxylation sites is 2. The van der Waals surface area contributed by atoms with Gasteiger partial charge < -0.3 is 15.0 Å². The normalized spacial score (nSPS) is 15.1. The van der Waals surface area contributed by atoms with Crippen LogP contribution in [0, 0.1) is 0 Å². The maximum absolute atomic E-state index is 12.6. The van der Waals surface area contributed by atoms with Gasteiger partial charge in [0.25, 0.3) is 0 Å². The third-order valence-corrected chi connectivity index (χ3v) is 5.69. The van der Waals surface area contributed by atoms with E-state index in [0.29, 0.717) is 37.2 Å². The summed E-state index contributed by atoms with van der Waals surface area (Å²) in [6.07, 6.45) is 0. The summed E-state index contributed by atoms with van der Waals surface area (Å²) in [5.41, 5.74) is 1.49. The highest BCUT2D eigenvalue weighted by molar-refractivity contribution is 7.99. The highest BCUT2D eigenvalue weighted by Gasteiger charge is 2.22. The predicted octanol–water partition coefficient (Wildman–Crippen LogP) is 1.55. The number of ether oxygens (including phenoxy) is 1. The number of imidazole rings is 1. The molecule has 2 amide bonds. The zero-order valence-electron chi connectivity index (χ0n) is 17.4. The third-order valence-electron chi connectivity index (χ3n) is 4.78. The molecule has 0 bridgehead atoms. The van der Waals surface area contributed by atoms with Crippen LogP contribution in [0.1, 0.15) is 20.8 Å². The minimum atomic E-state index is -0.315. The number of nitrogens with zero attached hydrogens (tertiary/aromatic N) is 5. The fourth-order valence-electron chi connectivity index (χ4n) is 3.52. The highest BCUT2D eigenvalue weighted by Crippen LogP contribution is 2.26. The standard InChI is InChI=1S/C20H26N6O3S/c1-20(2,3)21-16(27)12-25-14-6-4-5-7-15(14)26-18(25)22-23-19(26)30-13-17(28)24-8-10-29-11-9-24/h4-7H,8-13H2,1-3H3,(H,21,27). The Kier molecular flexibility index (Phi) is 5.70. The quantitative estimate of drug-likeness (QED) is 0.618. The van der Waals surface area contributed by atoms with Crippen LogP contribution < -0.4 is 5.32 Å². The first kappa shape index (κ1) is 20.7. The van der Waals surface area contributed by atoms with Crippen molar-refractivity contribution in [3.05, 3.63) is 24.3 Å². The Morgan fingerprint density at radius 1 is 1.13 bits per heavy atom. The monoisotopic (exact) mass is 430 g/mol. The number of thioether (sulfide) groups is 1. The second-order valence-electron chi connectivity index (χ2n) is 8.27. The molecule has 9 nitrogen and oxygen atoms in total. The molecule has 10 heteroatoms. The Labute approximate surface area is 178 Å². The minimum Gasteiger partial charge on any atom is -0.378 e. The number of carbonyl (C=O) groups is 2. The van der Waals surface area contributed by atoms with Gasteiger partial charge in [0.05, 0.1) is 30.0 Å². The molecule has 1 aliphatic rings. The van der Waals surface area contributed by atoms with Crippen molar-refractivity contribution in [2.45, 2.75) is 38.0 Å². The smallest absolute Gasteiger partial charge is 0.240 e. The lowest BCUT2D eigenvalue weighted by molar-refractivity contribution is -0.132. The van der Waals surface area contributed by atoms with E-state index in [-0.39, 0.29) is 29.7 Å². The number of hydrogen-bond acceptors (Lipinski definition) is 6. The van der Waals surface area contributed by atoms with Crippen LogP contribution in [0.5, 0.6) is 0 Å². The summed E-state index contributed by atoms with van der Waals surface area (Å²) in [6, 6.07) is 7.80. The molecule has 0 unspecified atom stereocenters. The van der Waals surface area contributed by atoms with Gasteiger partial charge in [-0.2, -0.15) is 0 Å². The van der Waals surface area contributed by atoms with E-state index in [1.54, 1.807) is 0 Å². The van der Waals surface area contributed by atoms with Gasteiger partial charge in [0.2, 0.25) is 17.6 Å². The van der Waals surface area contributed by atoms with E-state index in [0.717, 1.165) is 11.0 Å². The molecule has 0 spiro atoms. The summed E-state index contributed by atoms with van der Waals surface area (Å²) in [6.45, 7) is 8.39. The number of amides is 2. The lowest BCUT2D eigenvalue weighted by Crippen LogP contribution is -2.42. The Morgan fingerprint density at radius 3 is 2.53 bits per heavy atom. The fraction of sp³-hybridized carbons (Fsp3) is 0.500. The summed E-state index contributed by atoms with van der Waals surface area (Å²) < 4.78 is 9.08. The molecule has 0 atom stereocenters. The van der Waals surface area contributed by atoms with Crippen molar-refractivity contribution >= 4 is 40.4 Å². The molecule has 0 radical (unpaired) electrons. The topological polar surface area (TPSA) is 93.8 Å². The van der Waals surface area contributed by atoms with Gasteiger partial charge in [-0.3, -0.25) is 18.6 Å². The molecule has 30 heavy (non-hydrogen) atoms. The average Bonchev–Trinajstić information content (AvgIpc) is 3.25. The van der Waals surface area contributed by atoms with Crippen LogP contribution >= 0.6 is 11.8 Å². The van der Waals surface area contributed by atoms with E-state index in [1.165, 1.54) is 11.8 Å². The largest absolute Gasteiger partial charge is 0.378 e. The van der Waals surface area contributed by atoms with Crippen molar-refractivity contribution in [2.75, 3.05) is 32.1 Å². The first-order valence-corrected chi connectivity index (χ1v) is 10.9. The van der Waals surface area contributed by atoms with Crippen molar-refractivity contribution in [3.8, 4) is 0 Å². The van der Waals surface area contributed by atoms with Gasteiger partial charge in [-0.15, -0.1) is 10.2 Å². The van der Waals surface area contributed by atoms with Crippen molar-refractivity contribution < 1.29 is 14.3 Å². The Balaban J connectivity index is 1.60. The first-order valence-electron chi connectivity index (χ1n) is 9.95. The summed E-state index contributed by atoms with van der Waals surface area (Å²) in [4.78, 5) is 26.9. The van der Waals surface area contributed by atoms with Crippen molar-refractivity contribution in [1.82, 2.24) is 29.4 Å². The molecule has 4 rings (SSSR count). The van der Waals surface area contributed by atoms with Gasteiger partial charge in [0, 0.05) is 18.6 Å². The number of aromatic nitrogens is 4. The highest BCUT2D eigenvalue weighted by atomic mass is 32.2. The lowest BCUT2D eigenvalue weighted by atomic mass is 10.1. The van der Waals surface area contributed by atoms with Crippen molar-refractivity contribution in [3.63, 3.8) is 0 Å². The van der Waals surface area contributed by atoms with E-state index < -0.39 is 0 Å². The van der Waals surface area contributed by atoms with Gasteiger partial charge in [0.15, 0.2) is 5.16 Å². The molecule has 0 aliphatic carbocycles. The van der Waals surface area contributed by atoms with Crippen LogP contribution in [-0.2, 0) is 20.9 Å². The lowest BCUT2D eigenvalue weighted by Gasteiger charge is -2.26. The molecule has 1 fully saturated rings. The number of carbonyl (C=O) groups excluding carboxylic acids is 2. The van der Waals surface area contributed by atoms with Gasteiger partial charge in [0.1, 0.15) is 6.54 Å². The first-order chi connectivity index (χ1) is 14.3. The molecule has 0 saturated carbocycles. The van der Waals surface area contributed by atoms with Crippen molar-refractivity contribution in [2.24, 2.45) is 0 Å². The van der Waals surface area contributed by atoms with Crippen LogP contribution in [0.3, 0.4) is 0 Å². The van der Waals surface area contributed by atoms with E-state index in [1.807, 2.05) is 58.9 Å². The van der Waals surface area contributed by atoms with Crippen LogP contribution in [-0.4, -0.2) is 73.5 Å². The molecular weight excluding hydrogens is 404 g/mol. The second kappa shape index (κ2) is 8.27. The van der Waals surface area contributed by atoms with E-state index in [9.17, 15) is 9.59 Å². The average molecular weight is 431 g/mol. The van der Waals surface area contributed by atoms with Crippen molar-refractivity contribution in [1.29, 1.82) is 0 Å². The number of nitrogens with one attached hydrogen (secondary N) is 1. The molecule has 1 N–H and O–H groups in total. The van der Waals surface area contributed by atoms with Crippen LogP contribution in [0.2, 0.25) is 0 Å². The molecule has 1 aliphatic heterocycles. The summed E-state index contributed by atoms with van der Waals surface area (Å²) in [7, 11) is 0. The molecule has 3 heterocycles. The Bertz CT molecular complexity index is 1080. The van der Waals surface area contributed by atoms with Crippen LogP contribution in [0.25, 0.3) is 16.8 Å². The van der Waals surface area contributed by atoms with E-state index in [4.69, 9.17) is 4.74 Å². The third kappa shape index (κ3) is 4.29. The summed E-state index contributed by atoms with van der Waals surface area (Å²) in [5.74, 6) is 0.838. The molecule has 2 aromatic heterocycles. The number of benzene rings is 1. The number of morpholine rings is 1. The molecule has 3 aromatic rings. The van der Waals surface area contributed by atoms with Gasteiger partial charge >= 0.3 is 0 Å².